The highest BCUT2D eigenvalue weighted by Crippen LogP contribution is 2.32. The van der Waals surface area contributed by atoms with Crippen molar-refractivity contribution in [1.82, 2.24) is 9.88 Å². The summed E-state index contributed by atoms with van der Waals surface area (Å²) >= 11 is 7.60. The van der Waals surface area contributed by atoms with Gasteiger partial charge in [-0.15, -0.1) is 0 Å². The Morgan fingerprint density at radius 3 is 2.79 bits per heavy atom. The van der Waals surface area contributed by atoms with Gasteiger partial charge in [0, 0.05) is 31.0 Å². The number of benzene rings is 2. The molecule has 0 bridgehead atoms. The van der Waals surface area contributed by atoms with E-state index < -0.39 is 0 Å². The lowest BCUT2D eigenvalue weighted by atomic mass is 10.1. The average molecular weight is 432 g/mol. The zero-order valence-corrected chi connectivity index (χ0v) is 17.8. The maximum Gasteiger partial charge on any atom is 0.321 e. The number of aromatic nitrogens is 1. The summed E-state index contributed by atoms with van der Waals surface area (Å²) in [7, 11) is 1.56. The molecule has 0 atom stereocenters. The number of rotatable bonds is 4. The first-order valence-corrected chi connectivity index (χ1v) is 10.6. The zero-order chi connectivity index (χ0) is 20.4. The molecule has 0 aliphatic carbocycles. The van der Waals surface area contributed by atoms with Crippen molar-refractivity contribution >= 4 is 44.9 Å². The first kappa shape index (κ1) is 19.8. The highest BCUT2D eigenvalue weighted by Gasteiger charge is 2.25. The van der Waals surface area contributed by atoms with E-state index in [2.05, 4.69) is 29.4 Å². The van der Waals surface area contributed by atoms with Crippen molar-refractivity contribution in [3.63, 3.8) is 0 Å². The SMILES string of the molecule is COc1ccc(Cl)cc1NC(=O)N1CCC(Oc2nc3c(C)cccc3s2)CC1. The molecule has 0 radical (unpaired) electrons. The van der Waals surface area contributed by atoms with Gasteiger partial charge in [0.2, 0.25) is 0 Å². The van der Waals surface area contributed by atoms with Crippen LogP contribution in [-0.2, 0) is 0 Å². The minimum absolute atomic E-state index is 0.0561. The maximum absolute atomic E-state index is 12.6. The van der Waals surface area contributed by atoms with E-state index in [4.69, 9.17) is 21.1 Å². The van der Waals surface area contributed by atoms with E-state index >= 15 is 0 Å². The predicted molar refractivity (Wildman–Crippen MR) is 117 cm³/mol. The number of hydrogen-bond acceptors (Lipinski definition) is 5. The quantitative estimate of drug-likeness (QED) is 0.605. The average Bonchev–Trinajstić information content (AvgIpc) is 3.12. The molecule has 1 aliphatic heterocycles. The van der Waals surface area contributed by atoms with Crippen LogP contribution in [0.3, 0.4) is 0 Å². The lowest BCUT2D eigenvalue weighted by molar-refractivity contribution is 0.115. The maximum atomic E-state index is 12.6. The number of fused-ring (bicyclic) bond motifs is 1. The molecule has 2 aromatic carbocycles. The number of anilines is 1. The molecule has 152 valence electrons. The molecule has 1 saturated heterocycles. The van der Waals surface area contributed by atoms with Crippen LogP contribution < -0.4 is 14.8 Å². The van der Waals surface area contributed by atoms with Crippen LogP contribution in [0.4, 0.5) is 10.5 Å². The Morgan fingerprint density at radius 2 is 2.07 bits per heavy atom. The van der Waals surface area contributed by atoms with Gasteiger partial charge in [-0.1, -0.05) is 35.1 Å². The summed E-state index contributed by atoms with van der Waals surface area (Å²) in [4.78, 5) is 19.0. The number of carbonyl (C=O) groups excluding carboxylic acids is 1. The van der Waals surface area contributed by atoms with E-state index in [-0.39, 0.29) is 12.1 Å². The number of likely N-dealkylation sites (tertiary alicyclic amines) is 1. The molecule has 2 heterocycles. The lowest BCUT2D eigenvalue weighted by Crippen LogP contribution is -2.43. The second-order valence-electron chi connectivity index (χ2n) is 6.98. The van der Waals surface area contributed by atoms with Gasteiger partial charge in [0.1, 0.15) is 11.9 Å². The molecule has 0 spiro atoms. The number of piperidine rings is 1. The van der Waals surface area contributed by atoms with Crippen LogP contribution in [-0.4, -0.2) is 42.2 Å². The first-order chi connectivity index (χ1) is 14.0. The fourth-order valence-electron chi connectivity index (χ4n) is 3.41. The van der Waals surface area contributed by atoms with Crippen molar-refractivity contribution in [2.75, 3.05) is 25.5 Å². The van der Waals surface area contributed by atoms with E-state index in [9.17, 15) is 4.79 Å². The van der Waals surface area contributed by atoms with Crippen LogP contribution in [0.2, 0.25) is 5.02 Å². The molecular formula is C21H22ClN3O3S. The normalized spacial score (nSPS) is 14.8. The van der Waals surface area contributed by atoms with E-state index in [0.717, 1.165) is 28.6 Å². The van der Waals surface area contributed by atoms with Gasteiger partial charge in [-0.3, -0.25) is 0 Å². The smallest absolute Gasteiger partial charge is 0.321 e. The van der Waals surface area contributed by atoms with Crippen molar-refractivity contribution in [3.8, 4) is 10.9 Å². The van der Waals surface area contributed by atoms with Crippen molar-refractivity contribution in [3.05, 3.63) is 47.0 Å². The Kier molecular flexibility index (Phi) is 5.78. The summed E-state index contributed by atoms with van der Waals surface area (Å²) in [5, 5.41) is 4.12. The molecule has 0 unspecified atom stereocenters. The molecule has 3 aromatic rings. The summed E-state index contributed by atoms with van der Waals surface area (Å²) in [6.07, 6.45) is 1.57. The number of ether oxygens (including phenoxy) is 2. The molecule has 6 nitrogen and oxygen atoms in total. The topological polar surface area (TPSA) is 63.7 Å². The molecule has 4 rings (SSSR count). The number of aryl methyl sites for hydroxylation is 1. The molecular weight excluding hydrogens is 410 g/mol. The number of halogens is 1. The summed E-state index contributed by atoms with van der Waals surface area (Å²) in [5.41, 5.74) is 2.71. The summed E-state index contributed by atoms with van der Waals surface area (Å²) in [6.45, 7) is 3.28. The van der Waals surface area contributed by atoms with Crippen LogP contribution >= 0.6 is 22.9 Å². The highest BCUT2D eigenvalue weighted by molar-refractivity contribution is 7.20. The minimum atomic E-state index is -0.167. The minimum Gasteiger partial charge on any atom is -0.495 e. The van der Waals surface area contributed by atoms with Gasteiger partial charge in [-0.25, -0.2) is 9.78 Å². The summed E-state index contributed by atoms with van der Waals surface area (Å²) in [6, 6.07) is 11.1. The number of amides is 2. The number of nitrogens with one attached hydrogen (secondary N) is 1. The Labute approximate surface area is 178 Å². The molecule has 1 fully saturated rings. The molecule has 1 aliphatic rings. The largest absolute Gasteiger partial charge is 0.495 e. The first-order valence-electron chi connectivity index (χ1n) is 9.46. The monoisotopic (exact) mass is 431 g/mol. The van der Waals surface area contributed by atoms with Crippen LogP contribution in [0, 0.1) is 6.92 Å². The van der Waals surface area contributed by atoms with Crippen LogP contribution in [0.5, 0.6) is 10.9 Å². The summed E-state index contributed by atoms with van der Waals surface area (Å²) < 4.78 is 12.5. The lowest BCUT2D eigenvalue weighted by Gasteiger charge is -2.31. The van der Waals surface area contributed by atoms with Gasteiger partial charge < -0.3 is 19.7 Å². The van der Waals surface area contributed by atoms with Gasteiger partial charge >= 0.3 is 6.03 Å². The van der Waals surface area contributed by atoms with Gasteiger partial charge in [0.25, 0.3) is 5.19 Å². The Bertz CT molecular complexity index is 1030. The number of hydrogen-bond donors (Lipinski definition) is 1. The fourth-order valence-corrected chi connectivity index (χ4v) is 4.54. The molecule has 8 heteroatoms. The number of urea groups is 1. The number of carbonyl (C=O) groups is 1. The van der Waals surface area contributed by atoms with Crippen molar-refractivity contribution in [2.45, 2.75) is 25.9 Å². The van der Waals surface area contributed by atoms with Crippen LogP contribution in [0.15, 0.2) is 36.4 Å². The Hall–Kier alpha value is -2.51. The second kappa shape index (κ2) is 8.47. The van der Waals surface area contributed by atoms with Gasteiger partial charge in [0.15, 0.2) is 0 Å². The Balaban J connectivity index is 1.34. The van der Waals surface area contributed by atoms with E-state index in [0.29, 0.717) is 34.7 Å². The third-order valence-electron chi connectivity index (χ3n) is 5.00. The number of thiazole rings is 1. The van der Waals surface area contributed by atoms with Gasteiger partial charge in [-0.05, 0) is 36.8 Å². The number of nitrogens with zero attached hydrogens (tertiary/aromatic N) is 2. The van der Waals surface area contributed by atoms with Crippen LogP contribution in [0.1, 0.15) is 18.4 Å². The van der Waals surface area contributed by atoms with Crippen LogP contribution in [0.25, 0.3) is 10.2 Å². The van der Waals surface area contributed by atoms with E-state index in [1.807, 2.05) is 6.07 Å². The van der Waals surface area contributed by atoms with Gasteiger partial charge in [0.05, 0.1) is 23.0 Å². The predicted octanol–water partition coefficient (Wildman–Crippen LogP) is 5.34. The number of para-hydroxylation sites is 1. The van der Waals surface area contributed by atoms with Crippen molar-refractivity contribution in [1.29, 1.82) is 0 Å². The van der Waals surface area contributed by atoms with Crippen molar-refractivity contribution in [2.24, 2.45) is 0 Å². The fraction of sp³-hybridized carbons (Fsp3) is 0.333. The highest BCUT2D eigenvalue weighted by atomic mass is 35.5. The van der Waals surface area contributed by atoms with E-state index in [1.54, 1.807) is 41.5 Å². The zero-order valence-electron chi connectivity index (χ0n) is 16.3. The third-order valence-corrected chi connectivity index (χ3v) is 6.15. The number of methoxy groups -OCH3 is 1. The molecule has 0 saturated carbocycles. The van der Waals surface area contributed by atoms with Crippen molar-refractivity contribution < 1.29 is 14.3 Å². The molecule has 2 amide bonds. The standard InChI is InChI=1S/C21H22ClN3O3S/c1-13-4-3-5-18-19(13)24-21(29-18)28-15-8-10-25(11-9-15)20(26)23-16-12-14(22)6-7-17(16)27-2/h3-7,12,15H,8-11H2,1-2H3,(H,23,26). The van der Waals surface area contributed by atoms with E-state index in [1.165, 1.54) is 0 Å². The molecule has 29 heavy (non-hydrogen) atoms. The van der Waals surface area contributed by atoms with Gasteiger partial charge in [-0.2, -0.15) is 0 Å². The molecule has 1 aromatic heterocycles. The Morgan fingerprint density at radius 1 is 1.28 bits per heavy atom. The third kappa shape index (κ3) is 4.41. The summed E-state index contributed by atoms with van der Waals surface area (Å²) in [5.74, 6) is 0.576. The second-order valence-corrected chi connectivity index (χ2v) is 8.41. The molecule has 1 N–H and O–H groups in total.